The van der Waals surface area contributed by atoms with Crippen LogP contribution in [0.2, 0.25) is 0 Å². The first kappa shape index (κ1) is 20.1. The van der Waals surface area contributed by atoms with Gasteiger partial charge in [-0.15, -0.1) is 0 Å². The third-order valence-corrected chi connectivity index (χ3v) is 4.10. The van der Waals surface area contributed by atoms with Crippen LogP contribution in [0.15, 0.2) is 30.3 Å². The van der Waals surface area contributed by atoms with Crippen molar-refractivity contribution in [3.05, 3.63) is 58.9 Å². The molecule has 0 heterocycles. The van der Waals surface area contributed by atoms with Crippen LogP contribution >= 0.6 is 0 Å². The molecule has 6 heteroatoms. The first-order valence-electron chi connectivity index (χ1n) is 8.55. The van der Waals surface area contributed by atoms with Crippen molar-refractivity contribution in [2.24, 2.45) is 0 Å². The van der Waals surface area contributed by atoms with Gasteiger partial charge in [0.15, 0.2) is 23.2 Å². The molecule has 0 bridgehead atoms. The maximum atomic E-state index is 14.3. The van der Waals surface area contributed by atoms with Crippen LogP contribution in [-0.2, 0) is 6.42 Å². The molecule has 0 aliphatic rings. The number of ether oxygens (including phenoxy) is 2. The number of unbranched alkanes of at least 4 members (excludes halogenated alkanes) is 1. The second kappa shape index (κ2) is 9.46. The van der Waals surface area contributed by atoms with Gasteiger partial charge in [0.05, 0.1) is 13.7 Å². The van der Waals surface area contributed by atoms with Crippen LogP contribution in [0.25, 0.3) is 0 Å². The van der Waals surface area contributed by atoms with Gasteiger partial charge in [0.1, 0.15) is 11.9 Å². The van der Waals surface area contributed by atoms with Crippen molar-refractivity contribution in [2.45, 2.75) is 38.8 Å². The van der Waals surface area contributed by atoms with Gasteiger partial charge < -0.3 is 9.47 Å². The smallest absolute Gasteiger partial charge is 0.168 e. The molecule has 0 aliphatic carbocycles. The van der Waals surface area contributed by atoms with Crippen molar-refractivity contribution in [3.63, 3.8) is 0 Å². The quantitative estimate of drug-likeness (QED) is 0.509. The van der Waals surface area contributed by atoms with E-state index in [1.54, 1.807) is 0 Å². The fourth-order valence-corrected chi connectivity index (χ4v) is 2.56. The second-order valence-electron chi connectivity index (χ2n) is 5.95. The number of rotatable bonds is 9. The summed E-state index contributed by atoms with van der Waals surface area (Å²) in [5, 5.41) is 0. The molecule has 1 unspecified atom stereocenters. The van der Waals surface area contributed by atoms with Crippen LogP contribution in [0.5, 0.6) is 11.5 Å². The standard InChI is InChI=1S/C20H22F4O2/c1-3-4-5-13-6-8-15(20(24)19(13)23)16(21)10-11-26-18-9-7-14(25-2)12-17(18)22/h6-9,12,16H,3-5,10-11H2,1-2H3. The van der Waals surface area contributed by atoms with Gasteiger partial charge in [0.25, 0.3) is 0 Å². The van der Waals surface area contributed by atoms with E-state index in [4.69, 9.17) is 9.47 Å². The number of halogens is 4. The first-order chi connectivity index (χ1) is 12.5. The third kappa shape index (κ3) is 4.90. The molecule has 0 amide bonds. The Morgan fingerprint density at radius 2 is 1.81 bits per heavy atom. The Labute approximate surface area is 150 Å². The Bertz CT molecular complexity index is 734. The van der Waals surface area contributed by atoms with E-state index in [9.17, 15) is 17.6 Å². The molecule has 0 aliphatic heterocycles. The van der Waals surface area contributed by atoms with Gasteiger partial charge in [-0.1, -0.05) is 25.5 Å². The fraction of sp³-hybridized carbons (Fsp3) is 0.400. The highest BCUT2D eigenvalue weighted by atomic mass is 19.2. The minimum absolute atomic E-state index is 0.0560. The van der Waals surface area contributed by atoms with Crippen molar-refractivity contribution < 1.29 is 27.0 Å². The summed E-state index contributed by atoms with van der Waals surface area (Å²) in [6.07, 6.45) is 0.0297. The van der Waals surface area contributed by atoms with E-state index in [-0.39, 0.29) is 29.9 Å². The van der Waals surface area contributed by atoms with Crippen molar-refractivity contribution in [2.75, 3.05) is 13.7 Å². The average molecular weight is 370 g/mol. The topological polar surface area (TPSA) is 18.5 Å². The van der Waals surface area contributed by atoms with Crippen LogP contribution in [-0.4, -0.2) is 13.7 Å². The minimum Gasteiger partial charge on any atom is -0.497 e. The fourth-order valence-electron chi connectivity index (χ4n) is 2.56. The molecule has 0 radical (unpaired) electrons. The molecule has 0 saturated carbocycles. The van der Waals surface area contributed by atoms with Gasteiger partial charge in [-0.05, 0) is 30.5 Å². The zero-order valence-electron chi connectivity index (χ0n) is 14.8. The number of aryl methyl sites for hydroxylation is 1. The number of hydrogen-bond acceptors (Lipinski definition) is 2. The largest absolute Gasteiger partial charge is 0.497 e. The molecule has 26 heavy (non-hydrogen) atoms. The molecule has 0 aromatic heterocycles. The predicted octanol–water partition coefficient (Wildman–Crippen LogP) is 5.93. The first-order valence-corrected chi connectivity index (χ1v) is 8.55. The van der Waals surface area contributed by atoms with Crippen LogP contribution in [0.1, 0.15) is 43.5 Å². The minimum atomic E-state index is -1.74. The molecule has 2 nitrogen and oxygen atoms in total. The van der Waals surface area contributed by atoms with E-state index in [0.717, 1.165) is 18.9 Å². The summed E-state index contributed by atoms with van der Waals surface area (Å²) in [4.78, 5) is 0. The summed E-state index contributed by atoms with van der Waals surface area (Å²) in [5.74, 6) is -2.53. The summed E-state index contributed by atoms with van der Waals surface area (Å²) in [5.41, 5.74) is -0.0987. The number of benzene rings is 2. The van der Waals surface area contributed by atoms with E-state index in [0.29, 0.717) is 12.2 Å². The second-order valence-corrected chi connectivity index (χ2v) is 5.95. The molecule has 1 atom stereocenters. The van der Waals surface area contributed by atoms with Gasteiger partial charge in [0.2, 0.25) is 0 Å². The van der Waals surface area contributed by atoms with Crippen LogP contribution in [0, 0.1) is 17.5 Å². The summed E-state index contributed by atoms with van der Waals surface area (Å²) in [6, 6.07) is 6.70. The molecule has 0 spiro atoms. The van der Waals surface area contributed by atoms with Crippen LogP contribution < -0.4 is 9.47 Å². The number of alkyl halides is 1. The molecular formula is C20H22F4O2. The molecule has 2 rings (SSSR count). The van der Waals surface area contributed by atoms with Crippen molar-refractivity contribution in [3.8, 4) is 11.5 Å². The van der Waals surface area contributed by atoms with E-state index in [2.05, 4.69) is 0 Å². The van der Waals surface area contributed by atoms with Crippen molar-refractivity contribution >= 4 is 0 Å². The Hall–Kier alpha value is -2.24. The van der Waals surface area contributed by atoms with Gasteiger partial charge in [-0.25, -0.2) is 17.6 Å². The molecule has 0 N–H and O–H groups in total. The molecule has 2 aromatic rings. The SMILES string of the molecule is CCCCc1ccc(C(F)CCOc2ccc(OC)cc2F)c(F)c1F. The van der Waals surface area contributed by atoms with E-state index >= 15 is 0 Å². The van der Waals surface area contributed by atoms with Crippen LogP contribution in [0.4, 0.5) is 17.6 Å². The summed E-state index contributed by atoms with van der Waals surface area (Å²) in [7, 11) is 1.41. The highest BCUT2D eigenvalue weighted by Gasteiger charge is 2.20. The molecule has 0 saturated heterocycles. The highest BCUT2D eigenvalue weighted by molar-refractivity contribution is 5.33. The van der Waals surface area contributed by atoms with Gasteiger partial charge in [0, 0.05) is 18.1 Å². The number of methoxy groups -OCH3 is 1. The van der Waals surface area contributed by atoms with Crippen molar-refractivity contribution in [1.29, 1.82) is 0 Å². The maximum Gasteiger partial charge on any atom is 0.168 e. The van der Waals surface area contributed by atoms with E-state index < -0.39 is 23.6 Å². The zero-order valence-corrected chi connectivity index (χ0v) is 14.8. The lowest BCUT2D eigenvalue weighted by Gasteiger charge is -2.13. The monoisotopic (exact) mass is 370 g/mol. The van der Waals surface area contributed by atoms with E-state index in [1.807, 2.05) is 6.92 Å². The summed E-state index contributed by atoms with van der Waals surface area (Å²) in [6.45, 7) is 1.77. The zero-order chi connectivity index (χ0) is 19.1. The lowest BCUT2D eigenvalue weighted by atomic mass is 10.0. The van der Waals surface area contributed by atoms with E-state index in [1.165, 1.54) is 31.4 Å². The van der Waals surface area contributed by atoms with Gasteiger partial charge in [-0.2, -0.15) is 0 Å². The Morgan fingerprint density at radius 1 is 1.04 bits per heavy atom. The molecule has 0 fully saturated rings. The third-order valence-electron chi connectivity index (χ3n) is 4.10. The van der Waals surface area contributed by atoms with Crippen LogP contribution in [0.3, 0.4) is 0 Å². The summed E-state index contributed by atoms with van der Waals surface area (Å²) < 4.78 is 66.2. The molecule has 2 aromatic carbocycles. The van der Waals surface area contributed by atoms with Gasteiger partial charge >= 0.3 is 0 Å². The Morgan fingerprint density at radius 3 is 2.46 bits per heavy atom. The highest BCUT2D eigenvalue weighted by Crippen LogP contribution is 2.29. The van der Waals surface area contributed by atoms with Gasteiger partial charge in [-0.3, -0.25) is 0 Å². The lowest BCUT2D eigenvalue weighted by Crippen LogP contribution is -2.07. The normalized spacial score (nSPS) is 12.1. The average Bonchev–Trinajstić information content (AvgIpc) is 2.64. The Balaban J connectivity index is 1.97. The Kier molecular flexibility index (Phi) is 7.30. The predicted molar refractivity (Wildman–Crippen MR) is 91.9 cm³/mol. The maximum absolute atomic E-state index is 14.3. The molecular weight excluding hydrogens is 348 g/mol. The lowest BCUT2D eigenvalue weighted by molar-refractivity contribution is 0.226. The van der Waals surface area contributed by atoms with Crippen molar-refractivity contribution in [1.82, 2.24) is 0 Å². The number of hydrogen-bond donors (Lipinski definition) is 0. The molecule has 142 valence electrons. The summed E-state index contributed by atoms with van der Waals surface area (Å²) >= 11 is 0.